The Labute approximate surface area is 448 Å². The first-order valence-electron chi connectivity index (χ1n) is 23.9. The standard InChI is InChI=1S/C49H62N10O20/c1-23(52-43(72)31(50)21-60)42(71)59-37(22-61)48(77)56-32(15-25-3-9-28(62)10-4-25)44(73)51-20-38(65)54-34(18-39(66)67)46(75)57-33(16-26-5-11-29(63)12-6-26)45(74)53-24(2)41(70)55-35(19-40(68)69)47(76)58-36(49(78)79)17-27-7-13-30(64)14-8-27/h3-14,23-24,31-37,60-64H,15-22,50H2,1-2H3,(H,51,73)(H,52,72)(H,53,74)(H,54,65)(H,55,70)(H,56,77)(H,57,75)(H,58,76)(H,59,71)(H,66,67)(H,68,69)(H,78,79)/t23-,24-,31-,32-,33-,34-,35-,36-,37-/m0/s1. The third-order valence-corrected chi connectivity index (χ3v) is 11.3. The fraction of sp³-hybridized carbons (Fsp3) is 0.388. The second-order valence-corrected chi connectivity index (χ2v) is 17.7. The quantitative estimate of drug-likeness (QED) is 0.0285. The van der Waals surface area contributed by atoms with Gasteiger partial charge in [-0.25, -0.2) is 4.79 Å². The van der Waals surface area contributed by atoms with E-state index in [1.54, 1.807) is 0 Å². The van der Waals surface area contributed by atoms with Crippen LogP contribution in [-0.4, -0.2) is 186 Å². The molecule has 0 saturated heterocycles. The van der Waals surface area contributed by atoms with Crippen LogP contribution in [0.5, 0.6) is 17.2 Å². The number of amides is 9. The summed E-state index contributed by atoms with van der Waals surface area (Å²) in [5.41, 5.74) is 6.42. The lowest BCUT2D eigenvalue weighted by atomic mass is 10.0. The summed E-state index contributed by atoms with van der Waals surface area (Å²) < 4.78 is 0. The Morgan fingerprint density at radius 1 is 0.405 bits per heavy atom. The summed E-state index contributed by atoms with van der Waals surface area (Å²) in [5.74, 6) is -15.4. The van der Waals surface area contributed by atoms with Crippen LogP contribution in [0.4, 0.5) is 0 Å². The normalized spacial score (nSPS) is 14.2. The van der Waals surface area contributed by atoms with Gasteiger partial charge in [-0.2, -0.15) is 0 Å². The van der Waals surface area contributed by atoms with Crippen molar-refractivity contribution in [3.05, 3.63) is 89.5 Å². The Morgan fingerprint density at radius 3 is 1.13 bits per heavy atom. The summed E-state index contributed by atoms with van der Waals surface area (Å²) in [5, 5.41) is 97.2. The lowest BCUT2D eigenvalue weighted by molar-refractivity contribution is -0.144. The number of carbonyl (C=O) groups excluding carboxylic acids is 9. The lowest BCUT2D eigenvalue weighted by Crippen LogP contribution is -2.59. The number of carbonyl (C=O) groups is 12. The molecule has 0 aliphatic heterocycles. The molecule has 0 saturated carbocycles. The number of carboxylic acids is 3. The van der Waals surface area contributed by atoms with Crippen LogP contribution in [0, 0.1) is 0 Å². The van der Waals surface area contributed by atoms with Crippen LogP contribution in [0.2, 0.25) is 0 Å². The highest BCUT2D eigenvalue weighted by molar-refractivity contribution is 5.99. The van der Waals surface area contributed by atoms with Crippen LogP contribution >= 0.6 is 0 Å². The van der Waals surface area contributed by atoms with Gasteiger partial charge in [-0.3, -0.25) is 52.7 Å². The Hall–Kier alpha value is -9.42. The lowest BCUT2D eigenvalue weighted by Gasteiger charge is -2.25. The summed E-state index contributed by atoms with van der Waals surface area (Å²) in [6.45, 7) is -0.454. The number of carboxylic acid groups (broad SMARTS) is 3. The van der Waals surface area contributed by atoms with Crippen LogP contribution in [0.15, 0.2) is 72.8 Å². The fourth-order valence-electron chi connectivity index (χ4n) is 6.98. The van der Waals surface area contributed by atoms with Crippen LogP contribution in [0.1, 0.15) is 43.4 Å². The number of phenols is 3. The number of phenolic OH excluding ortho intramolecular Hbond substituents is 3. The molecule has 19 N–H and O–H groups in total. The van der Waals surface area contributed by atoms with Gasteiger partial charge in [-0.15, -0.1) is 0 Å². The predicted octanol–water partition coefficient (Wildman–Crippen LogP) is -5.79. The molecular formula is C49H62N10O20. The number of aliphatic carboxylic acids is 3. The van der Waals surface area contributed by atoms with Crippen LogP contribution in [0.3, 0.4) is 0 Å². The molecule has 0 aliphatic rings. The summed E-state index contributed by atoms with van der Waals surface area (Å²) >= 11 is 0. The van der Waals surface area contributed by atoms with E-state index in [1.807, 2.05) is 0 Å². The Balaban J connectivity index is 1.78. The highest BCUT2D eigenvalue weighted by atomic mass is 16.4. The molecule has 30 heteroatoms. The number of nitrogens with one attached hydrogen (secondary N) is 9. The minimum Gasteiger partial charge on any atom is -0.508 e. The molecule has 428 valence electrons. The maximum absolute atomic E-state index is 13.9. The SMILES string of the molecule is C[C@H](NC(=O)[C@H](Cc1ccc(O)cc1)NC(=O)[C@H](CC(=O)O)NC(=O)CNC(=O)[C@H](Cc1ccc(O)cc1)NC(=O)[C@H](CO)NC(=O)[C@H](C)NC(=O)[C@@H](N)CO)C(=O)N[C@@H](CC(=O)O)C(=O)N[C@@H](Cc1ccc(O)cc1)C(=O)O. The van der Waals surface area contributed by atoms with Crippen molar-refractivity contribution in [3.8, 4) is 17.2 Å². The molecule has 79 heavy (non-hydrogen) atoms. The highest BCUT2D eigenvalue weighted by Gasteiger charge is 2.34. The first-order valence-corrected chi connectivity index (χ1v) is 23.9. The Kier molecular flexibility index (Phi) is 25.0. The number of nitrogens with two attached hydrogens (primary N) is 1. The number of aliphatic hydroxyl groups is 2. The van der Waals surface area contributed by atoms with E-state index in [2.05, 4.69) is 47.9 Å². The Morgan fingerprint density at radius 2 is 0.734 bits per heavy atom. The largest absolute Gasteiger partial charge is 0.508 e. The van der Waals surface area contributed by atoms with Gasteiger partial charge in [0.2, 0.25) is 53.2 Å². The molecular weight excluding hydrogens is 1050 g/mol. The molecule has 9 atom stereocenters. The molecule has 0 aromatic heterocycles. The van der Waals surface area contributed by atoms with Crippen molar-refractivity contribution >= 4 is 71.1 Å². The van der Waals surface area contributed by atoms with Gasteiger partial charge in [0.15, 0.2) is 0 Å². The molecule has 0 aliphatic carbocycles. The van der Waals surface area contributed by atoms with Crippen molar-refractivity contribution in [2.75, 3.05) is 19.8 Å². The van der Waals surface area contributed by atoms with E-state index in [9.17, 15) is 93.3 Å². The molecule has 0 unspecified atom stereocenters. The van der Waals surface area contributed by atoms with Crippen LogP contribution in [0.25, 0.3) is 0 Å². The molecule has 0 spiro atoms. The molecule has 0 fully saturated rings. The van der Waals surface area contributed by atoms with Crippen LogP contribution < -0.4 is 53.6 Å². The number of hydrogen-bond acceptors (Lipinski definition) is 18. The third kappa shape index (κ3) is 22.0. The molecule has 9 amide bonds. The third-order valence-electron chi connectivity index (χ3n) is 11.3. The smallest absolute Gasteiger partial charge is 0.326 e. The van der Waals surface area contributed by atoms with Crippen molar-refractivity contribution in [3.63, 3.8) is 0 Å². The van der Waals surface area contributed by atoms with Crippen molar-refractivity contribution in [1.29, 1.82) is 0 Å². The molecule has 3 rings (SSSR count). The topological polar surface area (TPSA) is 501 Å². The van der Waals surface area contributed by atoms with E-state index >= 15 is 0 Å². The van der Waals surface area contributed by atoms with Gasteiger partial charge in [-0.1, -0.05) is 36.4 Å². The van der Waals surface area contributed by atoms with E-state index < -0.39 is 164 Å². The van der Waals surface area contributed by atoms with Gasteiger partial charge < -0.3 is 94.4 Å². The molecule has 0 bridgehead atoms. The van der Waals surface area contributed by atoms with Gasteiger partial charge in [-0.05, 0) is 66.9 Å². The first-order chi connectivity index (χ1) is 37.2. The van der Waals surface area contributed by atoms with Gasteiger partial charge in [0.1, 0.15) is 71.6 Å². The zero-order valence-electron chi connectivity index (χ0n) is 42.3. The average Bonchev–Trinajstić information content (AvgIpc) is 3.39. The summed E-state index contributed by atoms with van der Waals surface area (Å²) in [6, 6.07) is 0.812. The van der Waals surface area contributed by atoms with Crippen molar-refractivity contribution < 1.29 is 98.4 Å². The van der Waals surface area contributed by atoms with Crippen molar-refractivity contribution in [1.82, 2.24) is 47.9 Å². The number of rotatable bonds is 31. The van der Waals surface area contributed by atoms with E-state index in [4.69, 9.17) is 10.8 Å². The maximum atomic E-state index is 13.9. The van der Waals surface area contributed by atoms with Gasteiger partial charge in [0.05, 0.1) is 32.6 Å². The second kappa shape index (κ2) is 31.0. The van der Waals surface area contributed by atoms with Crippen LogP contribution in [-0.2, 0) is 76.8 Å². The number of benzene rings is 3. The minimum atomic E-state index is -1.98. The molecule has 0 heterocycles. The molecule has 30 nitrogen and oxygen atoms in total. The summed E-state index contributed by atoms with van der Waals surface area (Å²) in [6.07, 6.45) is -3.24. The van der Waals surface area contributed by atoms with Gasteiger partial charge in [0, 0.05) is 19.3 Å². The van der Waals surface area contributed by atoms with E-state index in [0.29, 0.717) is 11.1 Å². The maximum Gasteiger partial charge on any atom is 0.326 e. The number of hydrogen-bond donors (Lipinski definition) is 18. The molecule has 3 aromatic carbocycles. The van der Waals surface area contributed by atoms with Crippen molar-refractivity contribution in [2.45, 2.75) is 100 Å². The average molecular weight is 1110 g/mol. The number of aromatic hydroxyl groups is 3. The zero-order valence-corrected chi connectivity index (χ0v) is 42.3. The first kappa shape index (κ1) is 63.9. The van der Waals surface area contributed by atoms with E-state index in [0.717, 1.165) is 6.92 Å². The van der Waals surface area contributed by atoms with E-state index in [1.165, 1.54) is 79.7 Å². The summed E-state index contributed by atoms with van der Waals surface area (Å²) in [4.78, 5) is 155. The van der Waals surface area contributed by atoms with E-state index in [-0.39, 0.29) is 35.7 Å². The van der Waals surface area contributed by atoms with Crippen molar-refractivity contribution in [2.24, 2.45) is 5.73 Å². The van der Waals surface area contributed by atoms with Gasteiger partial charge >= 0.3 is 17.9 Å². The predicted molar refractivity (Wildman–Crippen MR) is 270 cm³/mol. The second-order valence-electron chi connectivity index (χ2n) is 17.7. The number of aliphatic hydroxyl groups excluding tert-OH is 2. The molecule has 3 aromatic rings. The zero-order chi connectivity index (χ0) is 59.1. The Bertz CT molecular complexity index is 2670. The fourth-order valence-corrected chi connectivity index (χ4v) is 6.98. The van der Waals surface area contributed by atoms with Gasteiger partial charge in [0.25, 0.3) is 0 Å². The molecule has 0 radical (unpaired) electrons. The highest BCUT2D eigenvalue weighted by Crippen LogP contribution is 2.15. The summed E-state index contributed by atoms with van der Waals surface area (Å²) in [7, 11) is 0. The monoisotopic (exact) mass is 1110 g/mol. The minimum absolute atomic E-state index is 0.124.